The molecule has 0 atom stereocenters. The molecule has 3 aromatic rings. The molecule has 0 saturated heterocycles. The first-order valence-corrected chi connectivity index (χ1v) is 12.0. The average molecular weight is 534 g/mol. The number of rotatable bonds is 6. The fourth-order valence-corrected chi connectivity index (χ4v) is 4.12. The molecule has 2 N–H and O–H groups in total. The molecule has 0 aliphatic carbocycles. The number of alkyl halides is 3. The summed E-state index contributed by atoms with van der Waals surface area (Å²) in [4.78, 5) is 16.2. The Morgan fingerprint density at radius 1 is 1.09 bits per heavy atom. The van der Waals surface area contributed by atoms with E-state index in [0.29, 0.717) is 5.69 Å². The summed E-state index contributed by atoms with van der Waals surface area (Å²) in [5.74, 6) is -0.480. The van der Waals surface area contributed by atoms with E-state index in [4.69, 9.17) is 23.2 Å². The molecule has 180 valence electrons. The first-order valence-electron chi connectivity index (χ1n) is 9.37. The number of sulfone groups is 1. The van der Waals surface area contributed by atoms with Crippen molar-refractivity contribution in [3.63, 3.8) is 0 Å². The molecule has 0 aliphatic rings. The van der Waals surface area contributed by atoms with E-state index in [9.17, 15) is 26.4 Å². The highest BCUT2D eigenvalue weighted by atomic mass is 35.5. The van der Waals surface area contributed by atoms with Crippen molar-refractivity contribution in [3.05, 3.63) is 70.5 Å². The van der Waals surface area contributed by atoms with Crippen LogP contribution in [0.25, 0.3) is 11.1 Å². The third-order valence-electron chi connectivity index (χ3n) is 4.34. The number of benzene rings is 2. The third kappa shape index (κ3) is 6.75. The number of carbonyl (C=O) groups is 1. The van der Waals surface area contributed by atoms with E-state index in [1.54, 1.807) is 0 Å². The Bertz CT molecular complexity index is 1290. The molecule has 0 spiro atoms. The predicted molar refractivity (Wildman–Crippen MR) is 122 cm³/mol. The molecule has 1 aromatic heterocycles. The van der Waals surface area contributed by atoms with Crippen LogP contribution in [0.3, 0.4) is 0 Å². The molecule has 0 bridgehead atoms. The van der Waals surface area contributed by atoms with Gasteiger partial charge in [-0.05, 0) is 30.3 Å². The number of pyridine rings is 1. The number of para-hydroxylation sites is 1. The summed E-state index contributed by atoms with van der Waals surface area (Å²) in [6.07, 6.45) is -2.67. The highest BCUT2D eigenvalue weighted by Crippen LogP contribution is 2.42. The number of ether oxygens (including phenoxy) is 1. The van der Waals surface area contributed by atoms with Crippen LogP contribution in [0.1, 0.15) is 5.69 Å². The average Bonchev–Trinajstić information content (AvgIpc) is 2.71. The van der Waals surface area contributed by atoms with Crippen LogP contribution in [0.15, 0.2) is 59.6 Å². The zero-order valence-corrected chi connectivity index (χ0v) is 19.6. The van der Waals surface area contributed by atoms with Gasteiger partial charge in [-0.25, -0.2) is 13.2 Å². The van der Waals surface area contributed by atoms with Crippen molar-refractivity contribution in [1.29, 1.82) is 0 Å². The maximum absolute atomic E-state index is 12.7. The maximum atomic E-state index is 12.7. The molecule has 34 heavy (non-hydrogen) atoms. The van der Waals surface area contributed by atoms with E-state index in [2.05, 4.69) is 20.4 Å². The zero-order chi connectivity index (χ0) is 25.1. The summed E-state index contributed by atoms with van der Waals surface area (Å²) in [6, 6.07) is 10.2. The van der Waals surface area contributed by atoms with E-state index in [1.165, 1.54) is 48.7 Å². The molecule has 7 nitrogen and oxygen atoms in total. The molecule has 0 fully saturated rings. The van der Waals surface area contributed by atoms with Gasteiger partial charge < -0.3 is 15.4 Å². The lowest BCUT2D eigenvalue weighted by Crippen LogP contribution is -2.28. The quantitative estimate of drug-likeness (QED) is 0.424. The molecule has 0 aliphatic heterocycles. The minimum absolute atomic E-state index is 0.00240. The zero-order valence-electron chi connectivity index (χ0n) is 17.3. The van der Waals surface area contributed by atoms with Crippen LogP contribution < -0.4 is 15.4 Å². The van der Waals surface area contributed by atoms with Crippen molar-refractivity contribution in [1.82, 2.24) is 10.3 Å². The fraction of sp³-hybridized carbons (Fsp3) is 0.143. The number of hydrogen-bond acceptors (Lipinski definition) is 5. The minimum atomic E-state index is -4.91. The van der Waals surface area contributed by atoms with Gasteiger partial charge in [0.2, 0.25) is 0 Å². The number of nitrogens with zero attached hydrogens (tertiary/aromatic N) is 1. The standard InChI is InChI=1S/C21H16Cl2F3N3O4S/c1-34(31,32)14-7-6-12(27-11-14)10-28-20(30)29-13-8-16(22)19(17(23)9-13)15-4-2-3-5-18(15)33-21(24,25)26/h2-9,11H,10H2,1H3,(H2,28,29,30). The lowest BCUT2D eigenvalue weighted by atomic mass is 10.0. The second-order valence-corrected chi connectivity index (χ2v) is 9.75. The summed E-state index contributed by atoms with van der Waals surface area (Å²) in [5.41, 5.74) is 0.722. The number of carbonyl (C=O) groups excluding carboxylic acids is 1. The highest BCUT2D eigenvalue weighted by molar-refractivity contribution is 7.90. The molecule has 2 amide bonds. The molecule has 2 aromatic carbocycles. The summed E-state index contributed by atoms with van der Waals surface area (Å²) < 4.78 is 65.2. The van der Waals surface area contributed by atoms with Crippen molar-refractivity contribution in [2.24, 2.45) is 0 Å². The second kappa shape index (κ2) is 10.1. The topological polar surface area (TPSA) is 97.4 Å². The first kappa shape index (κ1) is 25.6. The SMILES string of the molecule is CS(=O)(=O)c1ccc(CNC(=O)Nc2cc(Cl)c(-c3ccccc3OC(F)(F)F)c(Cl)c2)nc1. The van der Waals surface area contributed by atoms with Gasteiger partial charge in [0, 0.05) is 29.3 Å². The van der Waals surface area contributed by atoms with Gasteiger partial charge in [0.15, 0.2) is 9.84 Å². The number of urea groups is 1. The van der Waals surface area contributed by atoms with E-state index < -0.39 is 28.0 Å². The van der Waals surface area contributed by atoms with Gasteiger partial charge in [-0.3, -0.25) is 4.98 Å². The molecular formula is C21H16Cl2F3N3O4S. The number of aromatic nitrogens is 1. The molecule has 13 heteroatoms. The molecular weight excluding hydrogens is 518 g/mol. The Labute approximate surface area is 202 Å². The van der Waals surface area contributed by atoms with E-state index in [-0.39, 0.29) is 38.3 Å². The van der Waals surface area contributed by atoms with Gasteiger partial charge in [0.05, 0.1) is 27.2 Å². The molecule has 0 saturated carbocycles. The van der Waals surface area contributed by atoms with Crippen LogP contribution in [-0.2, 0) is 16.4 Å². The summed E-state index contributed by atoms with van der Waals surface area (Å²) in [5, 5.41) is 5.01. The largest absolute Gasteiger partial charge is 0.573 e. The predicted octanol–water partition coefficient (Wildman–Crippen LogP) is 5.68. The van der Waals surface area contributed by atoms with Crippen molar-refractivity contribution in [2.45, 2.75) is 17.8 Å². The van der Waals surface area contributed by atoms with Crippen LogP contribution in [0.2, 0.25) is 10.0 Å². The molecule has 3 rings (SSSR count). The van der Waals surface area contributed by atoms with Crippen LogP contribution in [0.4, 0.5) is 23.7 Å². The summed E-state index contributed by atoms with van der Waals surface area (Å²) >= 11 is 12.5. The van der Waals surface area contributed by atoms with Crippen LogP contribution in [0, 0.1) is 0 Å². The Hall–Kier alpha value is -3.02. The Morgan fingerprint density at radius 2 is 1.74 bits per heavy atom. The van der Waals surface area contributed by atoms with Crippen LogP contribution in [0.5, 0.6) is 5.75 Å². The van der Waals surface area contributed by atoms with Crippen molar-refractivity contribution >= 4 is 44.8 Å². The van der Waals surface area contributed by atoms with E-state index in [1.807, 2.05) is 0 Å². The van der Waals surface area contributed by atoms with Crippen molar-refractivity contribution in [2.75, 3.05) is 11.6 Å². The number of nitrogens with one attached hydrogen (secondary N) is 2. The van der Waals surface area contributed by atoms with Crippen LogP contribution in [-0.4, -0.2) is 32.1 Å². The minimum Gasteiger partial charge on any atom is -0.405 e. The second-order valence-electron chi connectivity index (χ2n) is 6.92. The monoisotopic (exact) mass is 533 g/mol. The third-order valence-corrected chi connectivity index (χ3v) is 6.03. The van der Waals surface area contributed by atoms with Gasteiger partial charge in [0.25, 0.3) is 0 Å². The molecule has 1 heterocycles. The lowest BCUT2D eigenvalue weighted by molar-refractivity contribution is -0.274. The normalized spacial score (nSPS) is 11.7. The molecule has 0 radical (unpaired) electrons. The van der Waals surface area contributed by atoms with Gasteiger partial charge >= 0.3 is 12.4 Å². The van der Waals surface area contributed by atoms with Crippen LogP contribution >= 0.6 is 23.2 Å². The highest BCUT2D eigenvalue weighted by Gasteiger charge is 2.32. The summed E-state index contributed by atoms with van der Waals surface area (Å²) in [6.45, 7) is -0.00240. The number of anilines is 1. The van der Waals surface area contributed by atoms with E-state index in [0.717, 1.165) is 12.3 Å². The van der Waals surface area contributed by atoms with Gasteiger partial charge in [-0.15, -0.1) is 13.2 Å². The fourth-order valence-electron chi connectivity index (χ4n) is 2.87. The van der Waals surface area contributed by atoms with Gasteiger partial charge in [-0.1, -0.05) is 41.4 Å². The number of amides is 2. The van der Waals surface area contributed by atoms with Crippen molar-refractivity contribution < 1.29 is 31.1 Å². The Balaban J connectivity index is 1.73. The first-order chi connectivity index (χ1) is 15.8. The Kier molecular flexibility index (Phi) is 7.59. The van der Waals surface area contributed by atoms with Gasteiger partial charge in [0.1, 0.15) is 5.75 Å². The smallest absolute Gasteiger partial charge is 0.405 e. The summed E-state index contributed by atoms with van der Waals surface area (Å²) in [7, 11) is -3.39. The Morgan fingerprint density at radius 3 is 2.29 bits per heavy atom. The van der Waals surface area contributed by atoms with Crippen molar-refractivity contribution in [3.8, 4) is 16.9 Å². The van der Waals surface area contributed by atoms with Gasteiger partial charge in [-0.2, -0.15) is 0 Å². The number of hydrogen-bond donors (Lipinski definition) is 2. The lowest BCUT2D eigenvalue weighted by Gasteiger charge is -2.16. The maximum Gasteiger partial charge on any atom is 0.573 e. The number of halogens is 5. The molecule has 0 unspecified atom stereocenters. The van der Waals surface area contributed by atoms with E-state index >= 15 is 0 Å².